The van der Waals surface area contributed by atoms with Crippen molar-refractivity contribution >= 4 is 70.5 Å². The third-order valence-electron chi connectivity index (χ3n) is 7.68. The number of aromatic nitrogens is 3. The van der Waals surface area contributed by atoms with Gasteiger partial charge >= 0.3 is 0 Å². The molecule has 292 valence electrons. The number of anilines is 3. The molecular formula is C42H44N10O4S. The molecule has 0 radical (unpaired) electrons. The van der Waals surface area contributed by atoms with E-state index in [2.05, 4.69) is 55.3 Å². The minimum atomic E-state index is -0.327. The number of amides is 1. The summed E-state index contributed by atoms with van der Waals surface area (Å²) in [6.45, 7) is 14.1. The van der Waals surface area contributed by atoms with Gasteiger partial charge in [-0.05, 0) is 98.5 Å². The van der Waals surface area contributed by atoms with Crippen molar-refractivity contribution in [2.24, 2.45) is 9.98 Å². The number of aliphatic imine (C=N–C) groups is 2. The standard InChI is InChI=1S/C42H44N10O4S/c1-6-33(16-18-46-26-43)55-38-15-13-32(23-30(38)5)51-42-41-36(49-27-50-42)24-35(25-48-41)54-20-21-57-28-52(8-3)40(53)11-9-10-39(45)47-19-17-34(7-2)56-37-14-12-31(44)22-29(37)4/h6-7,12-19,22-27,43,45H,1-2,8,10,20-21,28,44H2,3-5H3,(H,49,50,51)/b33-16+,34-17+,43-26?,45-39?,46-18?,47-19?. The Hall–Kier alpha value is -7.05. The molecule has 14 nitrogen and oxygen atoms in total. The van der Waals surface area contributed by atoms with Crippen molar-refractivity contribution in [3.8, 4) is 29.1 Å². The number of allylic oxidation sites excluding steroid dienone is 4. The Bertz CT molecular complexity index is 2290. The predicted octanol–water partition coefficient (Wildman–Crippen LogP) is 7.60. The quantitative estimate of drug-likeness (QED) is 0.0107. The zero-order valence-corrected chi connectivity index (χ0v) is 32.8. The van der Waals surface area contributed by atoms with Gasteiger partial charge in [-0.2, -0.15) is 0 Å². The summed E-state index contributed by atoms with van der Waals surface area (Å²) in [6.07, 6.45) is 13.2. The maximum Gasteiger partial charge on any atom is 0.299 e. The second-order valence-corrected chi connectivity index (χ2v) is 12.9. The summed E-state index contributed by atoms with van der Waals surface area (Å²) in [5, 5.41) is 18.4. The molecule has 0 fully saturated rings. The molecule has 0 spiro atoms. The molecule has 2 aromatic carbocycles. The third kappa shape index (κ3) is 13.6. The number of carbonyl (C=O) groups excluding carboxylic acids is 1. The Kier molecular flexibility index (Phi) is 16.7. The van der Waals surface area contributed by atoms with Crippen molar-refractivity contribution in [1.29, 1.82) is 10.8 Å². The fourth-order valence-electron chi connectivity index (χ4n) is 4.78. The molecule has 15 heteroatoms. The molecule has 0 atom stereocenters. The number of nitrogens with one attached hydrogen (secondary N) is 3. The highest BCUT2D eigenvalue weighted by Gasteiger charge is 2.11. The summed E-state index contributed by atoms with van der Waals surface area (Å²) in [6, 6.07) is 12.8. The minimum absolute atomic E-state index is 0.00184. The van der Waals surface area contributed by atoms with Crippen molar-refractivity contribution in [2.45, 2.75) is 27.2 Å². The van der Waals surface area contributed by atoms with Crippen LogP contribution in [0.3, 0.4) is 0 Å². The summed E-state index contributed by atoms with van der Waals surface area (Å²) in [5.74, 6) is 9.40. The summed E-state index contributed by atoms with van der Waals surface area (Å²) in [7, 11) is 0. The lowest BCUT2D eigenvalue weighted by molar-refractivity contribution is -0.124. The fraction of sp³-hybridized carbons (Fsp3) is 0.190. The number of nitrogen functional groups attached to an aromatic ring is 1. The molecular weight excluding hydrogens is 741 g/mol. The van der Waals surface area contributed by atoms with Gasteiger partial charge in [0.05, 0.1) is 30.6 Å². The van der Waals surface area contributed by atoms with Crippen LogP contribution in [0.1, 0.15) is 24.5 Å². The number of amidine groups is 1. The Morgan fingerprint density at radius 2 is 1.74 bits per heavy atom. The van der Waals surface area contributed by atoms with Crippen LogP contribution in [0.15, 0.2) is 114 Å². The van der Waals surface area contributed by atoms with E-state index < -0.39 is 0 Å². The highest BCUT2D eigenvalue weighted by molar-refractivity contribution is 7.99. The number of ether oxygens (including phenoxy) is 3. The van der Waals surface area contributed by atoms with E-state index in [4.69, 9.17) is 30.8 Å². The van der Waals surface area contributed by atoms with E-state index in [1.165, 1.54) is 36.6 Å². The maximum atomic E-state index is 12.7. The Balaban J connectivity index is 1.22. The molecule has 4 rings (SSSR count). The van der Waals surface area contributed by atoms with Crippen molar-refractivity contribution in [2.75, 3.05) is 35.8 Å². The molecule has 0 aliphatic heterocycles. The van der Waals surface area contributed by atoms with E-state index in [9.17, 15) is 4.79 Å². The van der Waals surface area contributed by atoms with Gasteiger partial charge in [-0.25, -0.2) is 24.9 Å². The molecule has 0 saturated carbocycles. The van der Waals surface area contributed by atoms with Gasteiger partial charge in [0.1, 0.15) is 52.8 Å². The van der Waals surface area contributed by atoms with E-state index in [1.807, 2.05) is 45.0 Å². The highest BCUT2D eigenvalue weighted by atomic mass is 32.2. The number of nitrogens with zero attached hydrogens (tertiary/aromatic N) is 6. The van der Waals surface area contributed by atoms with Gasteiger partial charge in [0.25, 0.3) is 5.91 Å². The number of hydrogen-bond acceptors (Lipinski definition) is 12. The number of rotatable bonds is 19. The largest absolute Gasteiger partial charge is 0.491 e. The van der Waals surface area contributed by atoms with Crippen LogP contribution in [0.2, 0.25) is 0 Å². The van der Waals surface area contributed by atoms with Gasteiger partial charge in [-0.3, -0.25) is 15.6 Å². The molecule has 57 heavy (non-hydrogen) atoms. The van der Waals surface area contributed by atoms with Gasteiger partial charge in [0.15, 0.2) is 5.82 Å². The zero-order chi connectivity index (χ0) is 41.0. The monoisotopic (exact) mass is 784 g/mol. The first-order valence-corrected chi connectivity index (χ1v) is 18.8. The lowest BCUT2D eigenvalue weighted by Gasteiger charge is -2.17. The average Bonchev–Trinajstić information content (AvgIpc) is 3.20. The van der Waals surface area contributed by atoms with Crippen molar-refractivity contribution in [1.82, 2.24) is 19.9 Å². The molecule has 4 aromatic rings. The lowest BCUT2D eigenvalue weighted by atomic mass is 10.2. The van der Waals surface area contributed by atoms with Gasteiger partial charge in [0.2, 0.25) is 0 Å². The highest BCUT2D eigenvalue weighted by Crippen LogP contribution is 2.28. The minimum Gasteiger partial charge on any atom is -0.491 e. The number of fused-ring (bicyclic) bond motifs is 1. The first-order valence-electron chi connectivity index (χ1n) is 17.6. The van der Waals surface area contributed by atoms with E-state index in [-0.39, 0.29) is 18.2 Å². The lowest BCUT2D eigenvalue weighted by Crippen LogP contribution is -2.29. The van der Waals surface area contributed by atoms with Crippen LogP contribution in [0, 0.1) is 36.5 Å². The van der Waals surface area contributed by atoms with E-state index in [0.717, 1.165) is 23.2 Å². The second kappa shape index (κ2) is 22.4. The number of nitrogens with two attached hydrogens (primary N) is 1. The molecule has 0 unspecified atom stereocenters. The van der Waals surface area contributed by atoms with Crippen molar-refractivity contribution in [3.05, 3.63) is 115 Å². The number of carbonyl (C=O) groups is 1. The number of hydrogen-bond donors (Lipinski definition) is 4. The van der Waals surface area contributed by atoms with Crippen molar-refractivity contribution < 1.29 is 19.0 Å². The van der Waals surface area contributed by atoms with Crippen LogP contribution in [0.5, 0.6) is 17.2 Å². The van der Waals surface area contributed by atoms with Gasteiger partial charge in [0, 0.05) is 42.2 Å². The summed E-state index contributed by atoms with van der Waals surface area (Å²) in [4.78, 5) is 35.4. The molecule has 5 N–H and O–H groups in total. The zero-order valence-electron chi connectivity index (χ0n) is 32.0. The van der Waals surface area contributed by atoms with Crippen LogP contribution in [0.4, 0.5) is 17.2 Å². The molecule has 1 amide bonds. The van der Waals surface area contributed by atoms with Crippen molar-refractivity contribution in [3.63, 3.8) is 0 Å². The van der Waals surface area contributed by atoms with Crippen LogP contribution in [0.25, 0.3) is 11.0 Å². The van der Waals surface area contributed by atoms with Crippen LogP contribution in [-0.2, 0) is 4.79 Å². The molecule has 0 aliphatic rings. The van der Waals surface area contributed by atoms with Gasteiger partial charge in [-0.1, -0.05) is 19.1 Å². The normalized spacial score (nSPS) is 11.5. The van der Waals surface area contributed by atoms with E-state index in [1.54, 1.807) is 47.5 Å². The maximum absolute atomic E-state index is 12.7. The second-order valence-electron chi connectivity index (χ2n) is 11.8. The summed E-state index contributed by atoms with van der Waals surface area (Å²) in [5.41, 5.74) is 10.2. The van der Waals surface area contributed by atoms with E-state index >= 15 is 0 Å². The summed E-state index contributed by atoms with van der Waals surface area (Å²) < 4.78 is 17.7. The SMILES string of the molecule is C=C/C(=C\C=NC(=N)CC#CC(=O)N(CC)CSCCOc1cnc2c(Nc3ccc(O/C(C=C)=C/C=NC=N)c(C)c3)ncnc2c1)Oc1ccc(N)cc1C. The molecule has 2 aromatic heterocycles. The van der Waals surface area contributed by atoms with Crippen LogP contribution < -0.4 is 25.3 Å². The average molecular weight is 785 g/mol. The van der Waals surface area contributed by atoms with E-state index in [0.29, 0.717) is 76.1 Å². The first-order chi connectivity index (χ1) is 27.6. The van der Waals surface area contributed by atoms with Gasteiger partial charge in [-0.15, -0.1) is 11.8 Å². The van der Waals surface area contributed by atoms with Gasteiger partial charge < -0.3 is 30.2 Å². The predicted molar refractivity (Wildman–Crippen MR) is 231 cm³/mol. The Morgan fingerprint density at radius 3 is 2.42 bits per heavy atom. The smallest absolute Gasteiger partial charge is 0.299 e. The number of pyridine rings is 1. The Labute approximate surface area is 336 Å². The Morgan fingerprint density at radius 1 is 1.02 bits per heavy atom. The van der Waals surface area contributed by atoms with Crippen LogP contribution in [-0.4, -0.2) is 75.1 Å². The van der Waals surface area contributed by atoms with Crippen LogP contribution >= 0.6 is 11.8 Å². The number of aryl methyl sites for hydroxylation is 2. The summed E-state index contributed by atoms with van der Waals surface area (Å²) >= 11 is 1.54. The first kappa shape index (κ1) is 42.7. The third-order valence-corrected chi connectivity index (χ3v) is 8.63. The molecule has 0 aliphatic carbocycles. The number of benzene rings is 2. The molecule has 2 heterocycles. The topological polar surface area (TPSA) is 197 Å². The molecule has 0 bridgehead atoms. The molecule has 0 saturated heterocycles. The fourth-order valence-corrected chi connectivity index (χ4v) is 5.63. The number of thioether (sulfide) groups is 1.